The number of carbonyl (C=O) groups excluding carboxylic acids is 1. The molecule has 2 rings (SSSR count). The lowest BCUT2D eigenvalue weighted by molar-refractivity contribution is 0.0599. The van der Waals surface area contributed by atoms with Crippen LogP contribution in [-0.4, -0.2) is 22.9 Å². The predicted octanol–water partition coefficient (Wildman–Crippen LogP) is 3.03. The highest BCUT2D eigenvalue weighted by Gasteiger charge is 2.22. The molecule has 0 saturated carbocycles. The van der Waals surface area contributed by atoms with Crippen molar-refractivity contribution in [2.24, 2.45) is 0 Å². The van der Waals surface area contributed by atoms with Crippen molar-refractivity contribution in [1.29, 1.82) is 0 Å². The van der Waals surface area contributed by atoms with Gasteiger partial charge >= 0.3 is 5.97 Å². The van der Waals surface area contributed by atoms with E-state index in [4.69, 9.17) is 0 Å². The van der Waals surface area contributed by atoms with Crippen LogP contribution in [0, 0.1) is 17.5 Å². The molecule has 0 aliphatic carbocycles. The second-order valence-electron chi connectivity index (χ2n) is 4.38. The molecule has 1 aromatic heterocycles. The number of esters is 1. The number of aromatic nitrogens is 2. The van der Waals surface area contributed by atoms with Crippen LogP contribution in [0.5, 0.6) is 0 Å². The standard InChI is InChI=1S/C14H13F3N2O2/c1-3-4-12-9(14(20)21-2)7-18-19(12)13-10(16)5-8(15)6-11(13)17/h5-7H,3-4H2,1-2H3. The Morgan fingerprint density at radius 1 is 1.29 bits per heavy atom. The predicted molar refractivity (Wildman–Crippen MR) is 68.8 cm³/mol. The van der Waals surface area contributed by atoms with E-state index >= 15 is 0 Å². The fourth-order valence-electron chi connectivity index (χ4n) is 2.06. The van der Waals surface area contributed by atoms with Gasteiger partial charge in [0.1, 0.15) is 17.1 Å². The average molecular weight is 298 g/mol. The van der Waals surface area contributed by atoms with Crippen molar-refractivity contribution >= 4 is 5.97 Å². The van der Waals surface area contributed by atoms with Gasteiger partial charge in [-0.2, -0.15) is 5.10 Å². The van der Waals surface area contributed by atoms with E-state index in [2.05, 4.69) is 9.84 Å². The molecule has 0 radical (unpaired) electrons. The summed E-state index contributed by atoms with van der Waals surface area (Å²) in [7, 11) is 1.20. The van der Waals surface area contributed by atoms with Gasteiger partial charge in [-0.1, -0.05) is 13.3 Å². The Morgan fingerprint density at radius 2 is 1.90 bits per heavy atom. The second kappa shape index (κ2) is 5.99. The summed E-state index contributed by atoms with van der Waals surface area (Å²) in [5, 5.41) is 3.84. The SMILES string of the molecule is CCCc1c(C(=O)OC)cnn1-c1c(F)cc(F)cc1F. The van der Waals surface area contributed by atoms with Crippen molar-refractivity contribution in [3.63, 3.8) is 0 Å². The highest BCUT2D eigenvalue weighted by Crippen LogP contribution is 2.23. The quantitative estimate of drug-likeness (QED) is 0.815. The van der Waals surface area contributed by atoms with Gasteiger partial charge in [-0.15, -0.1) is 0 Å². The zero-order chi connectivity index (χ0) is 15.6. The lowest BCUT2D eigenvalue weighted by Gasteiger charge is -2.10. The second-order valence-corrected chi connectivity index (χ2v) is 4.38. The van der Waals surface area contributed by atoms with Gasteiger partial charge in [-0.05, 0) is 6.42 Å². The van der Waals surface area contributed by atoms with Gasteiger partial charge in [-0.25, -0.2) is 22.6 Å². The van der Waals surface area contributed by atoms with Crippen LogP contribution in [0.1, 0.15) is 29.4 Å². The largest absolute Gasteiger partial charge is 0.465 e. The lowest BCUT2D eigenvalue weighted by atomic mass is 10.1. The number of ether oxygens (including phenoxy) is 1. The number of halogens is 3. The summed E-state index contributed by atoms with van der Waals surface area (Å²) in [5.41, 5.74) is -0.0776. The summed E-state index contributed by atoms with van der Waals surface area (Å²) >= 11 is 0. The Bertz CT molecular complexity index is 660. The summed E-state index contributed by atoms with van der Waals surface area (Å²) in [6.45, 7) is 1.84. The molecule has 0 N–H and O–H groups in total. The van der Waals surface area contributed by atoms with Crippen molar-refractivity contribution in [2.75, 3.05) is 7.11 Å². The van der Waals surface area contributed by atoms with Gasteiger partial charge < -0.3 is 4.74 Å². The Morgan fingerprint density at radius 3 is 2.43 bits per heavy atom. The van der Waals surface area contributed by atoms with E-state index in [-0.39, 0.29) is 5.56 Å². The monoisotopic (exact) mass is 298 g/mol. The Labute approximate surface area is 119 Å². The van der Waals surface area contributed by atoms with Crippen LogP contribution in [0.15, 0.2) is 18.3 Å². The lowest BCUT2D eigenvalue weighted by Crippen LogP contribution is -2.11. The molecule has 7 heteroatoms. The van der Waals surface area contributed by atoms with Crippen LogP contribution >= 0.6 is 0 Å². The van der Waals surface area contributed by atoms with Crippen LogP contribution in [0.3, 0.4) is 0 Å². The third-order valence-corrected chi connectivity index (χ3v) is 2.95. The fraction of sp³-hybridized carbons (Fsp3) is 0.286. The minimum Gasteiger partial charge on any atom is -0.465 e. The normalized spacial score (nSPS) is 10.7. The molecule has 0 fully saturated rings. The molecule has 4 nitrogen and oxygen atoms in total. The van der Waals surface area contributed by atoms with E-state index in [0.717, 1.165) is 4.68 Å². The number of benzene rings is 1. The first-order valence-electron chi connectivity index (χ1n) is 6.29. The zero-order valence-electron chi connectivity index (χ0n) is 11.5. The molecule has 0 bridgehead atoms. The first-order valence-corrected chi connectivity index (χ1v) is 6.29. The summed E-state index contributed by atoms with van der Waals surface area (Å²) in [5.74, 6) is -3.85. The Balaban J connectivity index is 2.65. The molecule has 1 heterocycles. The third kappa shape index (κ3) is 2.76. The van der Waals surface area contributed by atoms with E-state index in [1.165, 1.54) is 13.3 Å². The third-order valence-electron chi connectivity index (χ3n) is 2.95. The molecule has 0 unspecified atom stereocenters. The van der Waals surface area contributed by atoms with Gasteiger partial charge in [-0.3, -0.25) is 0 Å². The molecule has 0 aliphatic rings. The van der Waals surface area contributed by atoms with Gasteiger partial charge in [0.2, 0.25) is 0 Å². The van der Waals surface area contributed by atoms with Crippen molar-refractivity contribution in [2.45, 2.75) is 19.8 Å². The number of hydrogen-bond donors (Lipinski definition) is 0. The first kappa shape index (κ1) is 15.1. The van der Waals surface area contributed by atoms with E-state index in [0.29, 0.717) is 30.7 Å². The molecule has 112 valence electrons. The maximum absolute atomic E-state index is 13.9. The molecule has 21 heavy (non-hydrogen) atoms. The molecule has 0 saturated heterocycles. The summed E-state index contributed by atoms with van der Waals surface area (Å²) < 4.78 is 46.3. The van der Waals surface area contributed by atoms with E-state index < -0.39 is 29.1 Å². The maximum atomic E-state index is 13.9. The Hall–Kier alpha value is -2.31. The molecule has 0 amide bonds. The fourth-order valence-corrected chi connectivity index (χ4v) is 2.06. The highest BCUT2D eigenvalue weighted by molar-refractivity contribution is 5.90. The smallest absolute Gasteiger partial charge is 0.341 e. The first-order chi connectivity index (χ1) is 9.99. The Kier molecular flexibility index (Phi) is 4.30. The zero-order valence-corrected chi connectivity index (χ0v) is 11.5. The molecular formula is C14H13F3N2O2. The average Bonchev–Trinajstić information content (AvgIpc) is 2.81. The molecule has 2 aromatic rings. The molecule has 1 aromatic carbocycles. The van der Waals surface area contributed by atoms with Gasteiger partial charge in [0.15, 0.2) is 11.6 Å². The van der Waals surface area contributed by atoms with Crippen molar-refractivity contribution < 1.29 is 22.7 Å². The van der Waals surface area contributed by atoms with Crippen LogP contribution in [0.4, 0.5) is 13.2 Å². The van der Waals surface area contributed by atoms with Gasteiger partial charge in [0, 0.05) is 12.1 Å². The van der Waals surface area contributed by atoms with E-state index in [9.17, 15) is 18.0 Å². The summed E-state index contributed by atoms with van der Waals surface area (Å²) in [6, 6.07) is 1.13. The van der Waals surface area contributed by atoms with Gasteiger partial charge in [0.25, 0.3) is 0 Å². The molecule has 0 aliphatic heterocycles. The summed E-state index contributed by atoms with van der Waals surface area (Å²) in [6.07, 6.45) is 2.17. The number of hydrogen-bond acceptors (Lipinski definition) is 3. The number of nitrogens with zero attached hydrogens (tertiary/aromatic N) is 2. The van der Waals surface area contributed by atoms with Crippen molar-refractivity contribution in [1.82, 2.24) is 9.78 Å². The number of carbonyl (C=O) groups is 1. The molecule has 0 spiro atoms. The van der Waals surface area contributed by atoms with Crippen LogP contribution < -0.4 is 0 Å². The number of methoxy groups -OCH3 is 1. The van der Waals surface area contributed by atoms with Crippen LogP contribution in [-0.2, 0) is 11.2 Å². The minimum atomic E-state index is -1.09. The maximum Gasteiger partial charge on any atom is 0.341 e. The minimum absolute atomic E-state index is 0.127. The van der Waals surface area contributed by atoms with Crippen molar-refractivity contribution in [3.05, 3.63) is 47.0 Å². The molecule has 0 atom stereocenters. The van der Waals surface area contributed by atoms with E-state index in [1.54, 1.807) is 0 Å². The highest BCUT2D eigenvalue weighted by atomic mass is 19.1. The topological polar surface area (TPSA) is 44.1 Å². The van der Waals surface area contributed by atoms with Crippen LogP contribution in [0.2, 0.25) is 0 Å². The van der Waals surface area contributed by atoms with Gasteiger partial charge in [0.05, 0.1) is 19.0 Å². The summed E-state index contributed by atoms with van der Waals surface area (Å²) in [4.78, 5) is 11.7. The number of rotatable bonds is 4. The molecular weight excluding hydrogens is 285 g/mol. The van der Waals surface area contributed by atoms with Crippen molar-refractivity contribution in [3.8, 4) is 5.69 Å². The van der Waals surface area contributed by atoms with Crippen LogP contribution in [0.25, 0.3) is 5.69 Å². The van der Waals surface area contributed by atoms with E-state index in [1.807, 2.05) is 6.92 Å².